The summed E-state index contributed by atoms with van der Waals surface area (Å²) in [5.74, 6) is 0.931. The first-order chi connectivity index (χ1) is 9.24. The first kappa shape index (κ1) is 15.3. The summed E-state index contributed by atoms with van der Waals surface area (Å²) in [4.78, 5) is 2.71. The highest BCUT2D eigenvalue weighted by Crippen LogP contribution is 2.32. The van der Waals surface area contributed by atoms with Gasteiger partial charge in [0.15, 0.2) is 0 Å². The van der Waals surface area contributed by atoms with Crippen molar-refractivity contribution in [1.29, 1.82) is 0 Å². The zero-order valence-corrected chi connectivity index (χ0v) is 12.9. The molecule has 112 valence electrons. The average Bonchev–Trinajstić information content (AvgIpc) is 2.43. The van der Waals surface area contributed by atoms with Gasteiger partial charge < -0.3 is 15.0 Å². The van der Waals surface area contributed by atoms with Crippen LogP contribution < -0.4 is 5.32 Å². The molecule has 3 nitrogen and oxygen atoms in total. The molecule has 2 aliphatic heterocycles. The minimum atomic E-state index is 0.466. The number of hydrogen-bond donors (Lipinski definition) is 1. The fourth-order valence-corrected chi connectivity index (χ4v) is 3.42. The van der Waals surface area contributed by atoms with Crippen LogP contribution in [0.1, 0.15) is 46.0 Å². The molecular weight excluding hydrogens is 236 g/mol. The maximum Gasteiger partial charge on any atom is 0.0472 e. The van der Waals surface area contributed by atoms with Crippen molar-refractivity contribution in [2.45, 2.75) is 46.0 Å². The van der Waals surface area contributed by atoms with Crippen molar-refractivity contribution < 1.29 is 4.74 Å². The van der Waals surface area contributed by atoms with E-state index in [0.29, 0.717) is 5.41 Å². The molecule has 1 N–H and O–H groups in total. The first-order valence-electron chi connectivity index (χ1n) is 8.25. The Bertz CT molecular complexity index is 243. The van der Waals surface area contributed by atoms with Crippen molar-refractivity contribution in [3.05, 3.63) is 0 Å². The smallest absolute Gasteiger partial charge is 0.0472 e. The Morgan fingerprint density at radius 2 is 1.89 bits per heavy atom. The summed E-state index contributed by atoms with van der Waals surface area (Å²) in [6.45, 7) is 12.8. The van der Waals surface area contributed by atoms with E-state index in [9.17, 15) is 0 Å². The summed E-state index contributed by atoms with van der Waals surface area (Å²) in [6.07, 6.45) is 6.46. The lowest BCUT2D eigenvalue weighted by Crippen LogP contribution is -2.49. The summed E-state index contributed by atoms with van der Waals surface area (Å²) in [6, 6.07) is 0. The van der Waals surface area contributed by atoms with Crippen molar-refractivity contribution in [1.82, 2.24) is 10.2 Å². The lowest BCUT2D eigenvalue weighted by molar-refractivity contribution is -0.00909. The normalized spacial score (nSPS) is 25.6. The van der Waals surface area contributed by atoms with Crippen molar-refractivity contribution in [3.63, 3.8) is 0 Å². The molecule has 0 saturated carbocycles. The third kappa shape index (κ3) is 4.73. The van der Waals surface area contributed by atoms with Gasteiger partial charge in [0.25, 0.3) is 0 Å². The van der Waals surface area contributed by atoms with Gasteiger partial charge in [-0.05, 0) is 63.1 Å². The Hall–Kier alpha value is -0.120. The Balaban J connectivity index is 1.85. The Morgan fingerprint density at radius 3 is 2.53 bits per heavy atom. The molecule has 0 spiro atoms. The molecule has 0 unspecified atom stereocenters. The fraction of sp³-hybridized carbons (Fsp3) is 1.00. The Kier molecular flexibility index (Phi) is 6.11. The molecule has 0 atom stereocenters. The second-order valence-corrected chi connectivity index (χ2v) is 6.75. The highest BCUT2D eigenvalue weighted by Gasteiger charge is 2.34. The van der Waals surface area contributed by atoms with Crippen LogP contribution in [0, 0.1) is 11.3 Å². The number of ether oxygens (including phenoxy) is 1. The molecule has 0 aromatic rings. The second kappa shape index (κ2) is 7.61. The third-order valence-corrected chi connectivity index (χ3v) is 4.92. The van der Waals surface area contributed by atoms with E-state index in [-0.39, 0.29) is 0 Å². The molecule has 0 aromatic carbocycles. The molecule has 2 rings (SSSR count). The van der Waals surface area contributed by atoms with E-state index < -0.39 is 0 Å². The van der Waals surface area contributed by atoms with Gasteiger partial charge in [-0.2, -0.15) is 0 Å². The van der Waals surface area contributed by atoms with E-state index in [1.54, 1.807) is 0 Å². The minimum absolute atomic E-state index is 0.466. The number of hydrogen-bond acceptors (Lipinski definition) is 3. The molecular formula is C16H32N2O. The molecule has 0 amide bonds. The highest BCUT2D eigenvalue weighted by atomic mass is 16.5. The van der Waals surface area contributed by atoms with Crippen LogP contribution >= 0.6 is 0 Å². The quantitative estimate of drug-likeness (QED) is 0.749. The van der Waals surface area contributed by atoms with Crippen molar-refractivity contribution in [2.75, 3.05) is 45.9 Å². The van der Waals surface area contributed by atoms with Gasteiger partial charge in [-0.1, -0.05) is 13.8 Å². The fourth-order valence-electron chi connectivity index (χ4n) is 3.42. The number of rotatable bonds is 6. The Morgan fingerprint density at radius 1 is 1.21 bits per heavy atom. The van der Waals surface area contributed by atoms with Gasteiger partial charge in [0.1, 0.15) is 0 Å². The van der Waals surface area contributed by atoms with E-state index in [1.165, 1.54) is 58.3 Å². The molecule has 2 fully saturated rings. The van der Waals surface area contributed by atoms with Crippen LogP contribution in [-0.4, -0.2) is 50.8 Å². The van der Waals surface area contributed by atoms with Crippen LogP contribution in [0.4, 0.5) is 0 Å². The summed E-state index contributed by atoms with van der Waals surface area (Å²) < 4.78 is 5.59. The van der Waals surface area contributed by atoms with Crippen LogP contribution in [0.25, 0.3) is 0 Å². The average molecular weight is 268 g/mol. The highest BCUT2D eigenvalue weighted by molar-refractivity contribution is 4.88. The zero-order valence-electron chi connectivity index (χ0n) is 12.9. The van der Waals surface area contributed by atoms with Crippen molar-refractivity contribution in [3.8, 4) is 0 Å². The van der Waals surface area contributed by atoms with Crippen LogP contribution in [0.2, 0.25) is 0 Å². The van der Waals surface area contributed by atoms with E-state index in [4.69, 9.17) is 4.74 Å². The summed E-state index contributed by atoms with van der Waals surface area (Å²) in [5, 5.41) is 3.66. The van der Waals surface area contributed by atoms with E-state index >= 15 is 0 Å². The standard InChI is InChI=1S/C16H32N2O/c1-3-8-17-13-16(6-11-19-12-7-16)14-18-9-4-15(2)5-10-18/h15,17H,3-14H2,1-2H3. The van der Waals surface area contributed by atoms with Gasteiger partial charge in [-0.25, -0.2) is 0 Å². The number of nitrogens with one attached hydrogen (secondary N) is 1. The summed E-state index contributed by atoms with van der Waals surface area (Å²) >= 11 is 0. The molecule has 3 heteroatoms. The molecule has 0 aromatic heterocycles. The molecule has 0 aliphatic carbocycles. The van der Waals surface area contributed by atoms with Crippen LogP contribution in [-0.2, 0) is 4.74 Å². The summed E-state index contributed by atoms with van der Waals surface area (Å²) in [7, 11) is 0. The molecule has 2 aliphatic rings. The molecule has 2 saturated heterocycles. The maximum atomic E-state index is 5.59. The monoisotopic (exact) mass is 268 g/mol. The van der Waals surface area contributed by atoms with E-state index in [0.717, 1.165) is 25.7 Å². The lowest BCUT2D eigenvalue weighted by Gasteiger charge is -2.43. The van der Waals surface area contributed by atoms with Crippen LogP contribution in [0.15, 0.2) is 0 Å². The van der Waals surface area contributed by atoms with Gasteiger partial charge in [-0.3, -0.25) is 0 Å². The third-order valence-electron chi connectivity index (χ3n) is 4.92. The molecule has 2 heterocycles. The lowest BCUT2D eigenvalue weighted by atomic mass is 9.79. The van der Waals surface area contributed by atoms with E-state index in [2.05, 4.69) is 24.1 Å². The van der Waals surface area contributed by atoms with Crippen LogP contribution in [0.5, 0.6) is 0 Å². The van der Waals surface area contributed by atoms with Gasteiger partial charge >= 0.3 is 0 Å². The van der Waals surface area contributed by atoms with Crippen LogP contribution in [0.3, 0.4) is 0 Å². The number of likely N-dealkylation sites (tertiary alicyclic amines) is 1. The topological polar surface area (TPSA) is 24.5 Å². The molecule has 0 radical (unpaired) electrons. The number of piperidine rings is 1. The predicted octanol–water partition coefficient (Wildman–Crippen LogP) is 2.51. The zero-order chi connectivity index (χ0) is 13.6. The number of nitrogens with zero attached hydrogens (tertiary/aromatic N) is 1. The molecule has 0 bridgehead atoms. The summed E-state index contributed by atoms with van der Waals surface area (Å²) in [5.41, 5.74) is 0.466. The van der Waals surface area contributed by atoms with Gasteiger partial charge in [0.2, 0.25) is 0 Å². The maximum absolute atomic E-state index is 5.59. The SMILES string of the molecule is CCCNCC1(CN2CCC(C)CC2)CCOCC1. The van der Waals surface area contributed by atoms with E-state index in [1.807, 2.05) is 0 Å². The van der Waals surface area contributed by atoms with Gasteiger partial charge in [0.05, 0.1) is 0 Å². The largest absolute Gasteiger partial charge is 0.381 e. The first-order valence-corrected chi connectivity index (χ1v) is 8.25. The minimum Gasteiger partial charge on any atom is -0.381 e. The second-order valence-electron chi connectivity index (χ2n) is 6.75. The predicted molar refractivity (Wildman–Crippen MR) is 80.5 cm³/mol. The van der Waals surface area contributed by atoms with Crippen molar-refractivity contribution in [2.24, 2.45) is 11.3 Å². The van der Waals surface area contributed by atoms with Crippen molar-refractivity contribution >= 4 is 0 Å². The van der Waals surface area contributed by atoms with Gasteiger partial charge in [0, 0.05) is 26.3 Å². The molecule has 19 heavy (non-hydrogen) atoms. The Labute approximate surface area is 119 Å². The van der Waals surface area contributed by atoms with Gasteiger partial charge in [-0.15, -0.1) is 0 Å².